The molecule has 1 unspecified atom stereocenters. The van der Waals surface area contributed by atoms with Crippen molar-refractivity contribution in [2.45, 2.75) is 19.4 Å². The number of aliphatic carboxylic acids is 1. The fourth-order valence-electron chi connectivity index (χ4n) is 1.58. The molecule has 0 spiro atoms. The smallest absolute Gasteiger partial charge is 0.337 e. The largest absolute Gasteiger partial charge is 0.479 e. The summed E-state index contributed by atoms with van der Waals surface area (Å²) in [6, 6.07) is 4.34. The quantitative estimate of drug-likeness (QED) is 0.736. The Bertz CT molecular complexity index is 464. The van der Waals surface area contributed by atoms with Gasteiger partial charge in [0.1, 0.15) is 12.1 Å². The van der Waals surface area contributed by atoms with Crippen LogP contribution >= 0.6 is 0 Å². The van der Waals surface area contributed by atoms with Gasteiger partial charge in [-0.3, -0.25) is 9.59 Å². The van der Waals surface area contributed by atoms with Crippen LogP contribution in [0.15, 0.2) is 18.2 Å². The summed E-state index contributed by atoms with van der Waals surface area (Å²) in [5.74, 6) is -1.63. The Morgan fingerprint density at radius 1 is 1.41 bits per heavy atom. The molecule has 17 heavy (non-hydrogen) atoms. The van der Waals surface area contributed by atoms with Crippen LogP contribution in [0.1, 0.15) is 34.5 Å². The third-order valence-corrected chi connectivity index (χ3v) is 2.33. The van der Waals surface area contributed by atoms with Crippen molar-refractivity contribution in [1.29, 1.82) is 0 Å². The molecule has 0 aromatic heterocycles. The lowest BCUT2D eigenvalue weighted by molar-refractivity contribution is -0.147. The summed E-state index contributed by atoms with van der Waals surface area (Å²) in [4.78, 5) is 32.6. The Kier molecular flexibility index (Phi) is 4.12. The van der Waals surface area contributed by atoms with Crippen LogP contribution in [0.25, 0.3) is 0 Å². The molecule has 0 saturated heterocycles. The molecule has 0 fully saturated rings. The van der Waals surface area contributed by atoms with E-state index in [9.17, 15) is 19.5 Å². The molecule has 1 rings (SSSR count). The monoisotopic (exact) mass is 236 g/mol. The molecule has 1 atom stereocenters. The van der Waals surface area contributed by atoms with E-state index in [2.05, 4.69) is 0 Å². The van der Waals surface area contributed by atoms with Gasteiger partial charge in [0.15, 0.2) is 6.10 Å². The molecule has 0 aliphatic heterocycles. The number of hydrogen-bond donors (Lipinski definition) is 2. The molecule has 0 heterocycles. The number of aldehydes is 1. The third kappa shape index (κ3) is 2.98. The molecular weight excluding hydrogens is 224 g/mol. The highest BCUT2D eigenvalue weighted by Gasteiger charge is 2.21. The van der Waals surface area contributed by atoms with Gasteiger partial charge < -0.3 is 10.2 Å². The Labute approximate surface area is 97.7 Å². The molecule has 0 radical (unpaired) electrons. The summed E-state index contributed by atoms with van der Waals surface area (Å²) < 4.78 is 0. The Balaban J connectivity index is 3.32. The highest BCUT2D eigenvalue weighted by molar-refractivity contribution is 5.86. The van der Waals surface area contributed by atoms with E-state index in [0.29, 0.717) is 6.29 Å². The standard InChI is InChI=1S/C12H12O5/c1-7(14)5-10-8(6-13)3-2-4-9(10)11(15)12(16)17/h2-4,6,11,15H,5H2,1H3,(H,16,17). The maximum atomic E-state index is 11.1. The van der Waals surface area contributed by atoms with Gasteiger partial charge in [0, 0.05) is 12.0 Å². The number of rotatable bonds is 5. The van der Waals surface area contributed by atoms with E-state index >= 15 is 0 Å². The second-order valence-corrected chi connectivity index (χ2v) is 3.65. The second-order valence-electron chi connectivity index (χ2n) is 3.65. The number of carboxylic acids is 1. The minimum Gasteiger partial charge on any atom is -0.479 e. The van der Waals surface area contributed by atoms with Crippen LogP contribution in [0.5, 0.6) is 0 Å². The second kappa shape index (κ2) is 5.36. The molecule has 5 nitrogen and oxygen atoms in total. The van der Waals surface area contributed by atoms with Crippen LogP contribution in [0.3, 0.4) is 0 Å². The first-order valence-corrected chi connectivity index (χ1v) is 4.94. The molecule has 0 bridgehead atoms. The average molecular weight is 236 g/mol. The molecule has 0 amide bonds. The van der Waals surface area contributed by atoms with Crippen molar-refractivity contribution in [1.82, 2.24) is 0 Å². The van der Waals surface area contributed by atoms with Crippen molar-refractivity contribution >= 4 is 18.0 Å². The summed E-state index contributed by atoms with van der Waals surface area (Å²) in [7, 11) is 0. The van der Waals surface area contributed by atoms with Crippen LogP contribution in [0, 0.1) is 0 Å². The van der Waals surface area contributed by atoms with Crippen molar-refractivity contribution in [2.75, 3.05) is 0 Å². The topological polar surface area (TPSA) is 91.7 Å². The van der Waals surface area contributed by atoms with Crippen LogP contribution < -0.4 is 0 Å². The number of benzene rings is 1. The summed E-state index contributed by atoms with van der Waals surface area (Å²) in [5, 5.41) is 18.2. The number of aliphatic hydroxyl groups excluding tert-OH is 1. The van der Waals surface area contributed by atoms with E-state index in [4.69, 9.17) is 5.11 Å². The minimum atomic E-state index is -1.73. The van der Waals surface area contributed by atoms with Gasteiger partial charge >= 0.3 is 5.97 Å². The Hall–Kier alpha value is -2.01. The van der Waals surface area contributed by atoms with Gasteiger partial charge in [0.05, 0.1) is 0 Å². The van der Waals surface area contributed by atoms with E-state index < -0.39 is 12.1 Å². The average Bonchev–Trinajstić information content (AvgIpc) is 2.27. The molecule has 1 aromatic carbocycles. The first-order chi connectivity index (χ1) is 7.97. The van der Waals surface area contributed by atoms with Crippen LogP contribution in [0.2, 0.25) is 0 Å². The van der Waals surface area contributed by atoms with E-state index in [0.717, 1.165) is 0 Å². The lowest BCUT2D eigenvalue weighted by Gasteiger charge is -2.13. The Morgan fingerprint density at radius 3 is 2.53 bits per heavy atom. The van der Waals surface area contributed by atoms with Gasteiger partial charge in [-0.05, 0) is 18.1 Å². The van der Waals surface area contributed by atoms with Crippen LogP contribution in [-0.2, 0) is 16.0 Å². The highest BCUT2D eigenvalue weighted by atomic mass is 16.4. The fourth-order valence-corrected chi connectivity index (χ4v) is 1.58. The first-order valence-electron chi connectivity index (χ1n) is 4.94. The number of carboxylic acid groups (broad SMARTS) is 1. The summed E-state index contributed by atoms with van der Waals surface area (Å²) in [5.41, 5.74) is 0.570. The maximum absolute atomic E-state index is 11.1. The van der Waals surface area contributed by atoms with Gasteiger partial charge in [-0.25, -0.2) is 4.79 Å². The van der Waals surface area contributed by atoms with E-state index in [1.165, 1.54) is 25.1 Å². The lowest BCUT2D eigenvalue weighted by Crippen LogP contribution is -2.15. The first kappa shape index (κ1) is 13.1. The van der Waals surface area contributed by atoms with Gasteiger partial charge in [0.25, 0.3) is 0 Å². The normalized spacial score (nSPS) is 11.9. The van der Waals surface area contributed by atoms with Gasteiger partial charge in [-0.15, -0.1) is 0 Å². The van der Waals surface area contributed by atoms with Gasteiger partial charge in [-0.2, -0.15) is 0 Å². The number of ketones is 1. The van der Waals surface area contributed by atoms with Crippen molar-refractivity contribution in [3.63, 3.8) is 0 Å². The van der Waals surface area contributed by atoms with Crippen LogP contribution in [-0.4, -0.2) is 28.3 Å². The predicted molar refractivity (Wildman–Crippen MR) is 58.8 cm³/mol. The molecular formula is C12H12O5. The molecule has 2 N–H and O–H groups in total. The highest BCUT2D eigenvalue weighted by Crippen LogP contribution is 2.22. The van der Waals surface area contributed by atoms with Crippen molar-refractivity contribution < 1.29 is 24.6 Å². The zero-order valence-corrected chi connectivity index (χ0v) is 9.21. The SMILES string of the molecule is CC(=O)Cc1c(C=O)cccc1C(O)C(=O)O. The lowest BCUT2D eigenvalue weighted by atomic mass is 9.94. The molecule has 0 aliphatic carbocycles. The molecule has 1 aromatic rings. The van der Waals surface area contributed by atoms with E-state index in [1.54, 1.807) is 0 Å². The number of Topliss-reactive ketones (excluding diaryl/α,β-unsaturated/α-hetero) is 1. The van der Waals surface area contributed by atoms with Crippen molar-refractivity contribution in [3.05, 3.63) is 34.9 Å². The van der Waals surface area contributed by atoms with Gasteiger partial charge in [0.2, 0.25) is 0 Å². The maximum Gasteiger partial charge on any atom is 0.337 e. The zero-order chi connectivity index (χ0) is 13.0. The minimum absolute atomic E-state index is 0.0748. The fraction of sp³-hybridized carbons (Fsp3) is 0.250. The number of carbonyl (C=O) groups excluding carboxylic acids is 2. The molecule has 90 valence electrons. The van der Waals surface area contributed by atoms with Crippen molar-refractivity contribution in [2.24, 2.45) is 0 Å². The van der Waals surface area contributed by atoms with E-state index in [1.807, 2.05) is 0 Å². The molecule has 0 aliphatic rings. The zero-order valence-electron chi connectivity index (χ0n) is 9.21. The van der Waals surface area contributed by atoms with Crippen LogP contribution in [0.4, 0.5) is 0 Å². The third-order valence-electron chi connectivity index (χ3n) is 2.33. The summed E-state index contributed by atoms with van der Waals surface area (Å²) in [6.45, 7) is 1.33. The molecule has 5 heteroatoms. The Morgan fingerprint density at radius 2 is 2.06 bits per heavy atom. The van der Waals surface area contributed by atoms with E-state index in [-0.39, 0.29) is 28.9 Å². The number of aliphatic hydroxyl groups is 1. The summed E-state index contributed by atoms with van der Waals surface area (Å²) in [6.07, 6.45) is -1.27. The number of hydrogen-bond acceptors (Lipinski definition) is 4. The van der Waals surface area contributed by atoms with Gasteiger partial charge in [-0.1, -0.05) is 18.2 Å². The summed E-state index contributed by atoms with van der Waals surface area (Å²) >= 11 is 0. The molecule has 0 saturated carbocycles. The predicted octanol–water partition coefficient (Wildman–Crippen LogP) is 0.749. The van der Waals surface area contributed by atoms with Crippen molar-refractivity contribution in [3.8, 4) is 0 Å². The number of carbonyl (C=O) groups is 3.